The summed E-state index contributed by atoms with van der Waals surface area (Å²) in [5.41, 5.74) is 1.18. The fourth-order valence-electron chi connectivity index (χ4n) is 2.00. The van der Waals surface area contributed by atoms with Gasteiger partial charge in [-0.1, -0.05) is 12.1 Å². The maximum atomic E-state index is 11.4. The van der Waals surface area contributed by atoms with Crippen molar-refractivity contribution in [2.75, 3.05) is 20.8 Å². The van der Waals surface area contributed by atoms with Gasteiger partial charge >= 0.3 is 5.97 Å². The zero-order valence-corrected chi connectivity index (χ0v) is 10.2. The number of benzene rings is 1. The number of hydrogen-bond donors (Lipinski definition) is 0. The van der Waals surface area contributed by atoms with Gasteiger partial charge in [0.2, 0.25) is 0 Å². The summed E-state index contributed by atoms with van der Waals surface area (Å²) < 4.78 is 9.86. The highest BCUT2D eigenvalue weighted by molar-refractivity contribution is 5.76. The van der Waals surface area contributed by atoms with Crippen LogP contribution in [-0.4, -0.2) is 37.7 Å². The van der Waals surface area contributed by atoms with Crippen LogP contribution in [0.2, 0.25) is 0 Å². The first-order valence-corrected chi connectivity index (χ1v) is 5.69. The third-order valence-corrected chi connectivity index (χ3v) is 3.15. The molecular weight excluding hydrogens is 218 g/mol. The Morgan fingerprint density at radius 3 is 2.53 bits per heavy atom. The third-order valence-electron chi connectivity index (χ3n) is 3.15. The predicted molar refractivity (Wildman–Crippen MR) is 63.8 cm³/mol. The van der Waals surface area contributed by atoms with Crippen molar-refractivity contribution in [3.8, 4) is 5.75 Å². The van der Waals surface area contributed by atoms with Crippen LogP contribution in [0, 0.1) is 0 Å². The summed E-state index contributed by atoms with van der Waals surface area (Å²) in [5, 5.41) is 0. The minimum absolute atomic E-state index is 0.0675. The van der Waals surface area contributed by atoms with Gasteiger partial charge in [-0.05, 0) is 24.1 Å². The van der Waals surface area contributed by atoms with Crippen molar-refractivity contribution in [1.29, 1.82) is 0 Å². The third kappa shape index (κ3) is 2.58. The maximum absolute atomic E-state index is 11.4. The van der Waals surface area contributed by atoms with E-state index in [9.17, 15) is 4.79 Å². The van der Waals surface area contributed by atoms with Crippen LogP contribution in [0.1, 0.15) is 12.0 Å². The van der Waals surface area contributed by atoms with Crippen molar-refractivity contribution in [2.45, 2.75) is 19.0 Å². The molecule has 1 fully saturated rings. The highest BCUT2D eigenvalue weighted by atomic mass is 16.5. The Balaban J connectivity index is 1.94. The van der Waals surface area contributed by atoms with E-state index in [0.717, 1.165) is 25.3 Å². The molecule has 1 saturated heterocycles. The molecule has 0 aliphatic carbocycles. The standard InChI is InChI=1S/C13H17NO3/c1-16-11-5-3-10(4-6-11)9-14-8-7-12(14)13(15)17-2/h3-6,12H,7-9H2,1-2H3. The molecule has 0 amide bonds. The van der Waals surface area contributed by atoms with Crippen LogP contribution in [0.3, 0.4) is 0 Å². The highest BCUT2D eigenvalue weighted by Crippen LogP contribution is 2.22. The quantitative estimate of drug-likeness (QED) is 0.740. The molecule has 0 N–H and O–H groups in total. The molecule has 0 radical (unpaired) electrons. The number of hydrogen-bond acceptors (Lipinski definition) is 4. The van der Waals surface area contributed by atoms with E-state index in [1.54, 1.807) is 7.11 Å². The zero-order chi connectivity index (χ0) is 12.3. The molecule has 1 aromatic carbocycles. The lowest BCUT2D eigenvalue weighted by Crippen LogP contribution is -2.52. The summed E-state index contributed by atoms with van der Waals surface area (Å²) in [7, 11) is 3.09. The molecule has 4 nitrogen and oxygen atoms in total. The molecule has 0 bridgehead atoms. The van der Waals surface area contributed by atoms with Crippen molar-refractivity contribution in [3.63, 3.8) is 0 Å². The van der Waals surface area contributed by atoms with E-state index in [1.165, 1.54) is 12.7 Å². The molecular formula is C13H17NO3. The summed E-state index contributed by atoms with van der Waals surface area (Å²) >= 11 is 0. The van der Waals surface area contributed by atoms with Crippen molar-refractivity contribution in [2.24, 2.45) is 0 Å². The number of nitrogens with zero attached hydrogens (tertiary/aromatic N) is 1. The van der Waals surface area contributed by atoms with E-state index in [4.69, 9.17) is 9.47 Å². The number of esters is 1. The van der Waals surface area contributed by atoms with E-state index in [-0.39, 0.29) is 12.0 Å². The minimum atomic E-state index is -0.134. The minimum Gasteiger partial charge on any atom is -0.497 e. The fourth-order valence-corrected chi connectivity index (χ4v) is 2.00. The number of ether oxygens (including phenoxy) is 2. The van der Waals surface area contributed by atoms with Crippen LogP contribution in [0.4, 0.5) is 0 Å². The Kier molecular flexibility index (Phi) is 3.64. The SMILES string of the molecule is COC(=O)C1CCN1Cc1ccc(OC)cc1. The normalized spacial score (nSPS) is 19.5. The number of likely N-dealkylation sites (tertiary alicyclic amines) is 1. The van der Waals surface area contributed by atoms with Crippen molar-refractivity contribution >= 4 is 5.97 Å². The van der Waals surface area contributed by atoms with Gasteiger partial charge in [-0.15, -0.1) is 0 Å². The van der Waals surface area contributed by atoms with Gasteiger partial charge in [0, 0.05) is 13.1 Å². The summed E-state index contributed by atoms with van der Waals surface area (Å²) in [4.78, 5) is 13.5. The maximum Gasteiger partial charge on any atom is 0.323 e. The molecule has 0 spiro atoms. The smallest absolute Gasteiger partial charge is 0.323 e. The largest absolute Gasteiger partial charge is 0.497 e. The van der Waals surface area contributed by atoms with E-state index in [2.05, 4.69) is 4.90 Å². The molecule has 92 valence electrons. The molecule has 1 atom stereocenters. The van der Waals surface area contributed by atoms with Crippen LogP contribution in [0.15, 0.2) is 24.3 Å². The van der Waals surface area contributed by atoms with Crippen LogP contribution >= 0.6 is 0 Å². The van der Waals surface area contributed by atoms with Crippen LogP contribution < -0.4 is 4.74 Å². The molecule has 17 heavy (non-hydrogen) atoms. The first-order valence-electron chi connectivity index (χ1n) is 5.69. The lowest BCUT2D eigenvalue weighted by Gasteiger charge is -2.38. The number of methoxy groups -OCH3 is 2. The predicted octanol–water partition coefficient (Wildman–Crippen LogP) is 1.44. The Bertz CT molecular complexity index is 388. The average Bonchev–Trinajstić information content (AvgIpc) is 2.35. The van der Waals surface area contributed by atoms with Crippen molar-refractivity contribution in [1.82, 2.24) is 4.90 Å². The molecule has 1 aromatic rings. The Morgan fingerprint density at radius 1 is 1.35 bits per heavy atom. The second-order valence-electron chi connectivity index (χ2n) is 4.15. The summed E-state index contributed by atoms with van der Waals surface area (Å²) in [5.74, 6) is 0.714. The van der Waals surface area contributed by atoms with E-state index >= 15 is 0 Å². The van der Waals surface area contributed by atoms with Gasteiger partial charge in [0.25, 0.3) is 0 Å². The van der Waals surface area contributed by atoms with Gasteiger partial charge in [-0.3, -0.25) is 9.69 Å². The Morgan fingerprint density at radius 2 is 2.06 bits per heavy atom. The molecule has 4 heteroatoms. The summed E-state index contributed by atoms with van der Waals surface area (Å²) in [6, 6.07) is 7.84. The van der Waals surface area contributed by atoms with E-state index in [0.29, 0.717) is 0 Å². The van der Waals surface area contributed by atoms with Gasteiger partial charge in [-0.25, -0.2) is 0 Å². The van der Waals surface area contributed by atoms with Crippen LogP contribution in [0.25, 0.3) is 0 Å². The monoisotopic (exact) mass is 235 g/mol. The van der Waals surface area contributed by atoms with Gasteiger partial charge in [0.05, 0.1) is 14.2 Å². The number of rotatable bonds is 4. The molecule has 0 saturated carbocycles. The van der Waals surface area contributed by atoms with Crippen molar-refractivity contribution < 1.29 is 14.3 Å². The lowest BCUT2D eigenvalue weighted by molar-refractivity contribution is -0.152. The van der Waals surface area contributed by atoms with E-state index < -0.39 is 0 Å². The Hall–Kier alpha value is -1.55. The summed E-state index contributed by atoms with van der Waals surface area (Å²) in [6.45, 7) is 1.73. The zero-order valence-electron chi connectivity index (χ0n) is 10.2. The first kappa shape index (κ1) is 11.9. The van der Waals surface area contributed by atoms with Crippen LogP contribution in [-0.2, 0) is 16.1 Å². The van der Waals surface area contributed by atoms with Gasteiger partial charge in [-0.2, -0.15) is 0 Å². The molecule has 1 heterocycles. The van der Waals surface area contributed by atoms with Crippen molar-refractivity contribution in [3.05, 3.63) is 29.8 Å². The average molecular weight is 235 g/mol. The topological polar surface area (TPSA) is 38.8 Å². The molecule has 2 rings (SSSR count). The lowest BCUT2D eigenvalue weighted by atomic mass is 10.0. The van der Waals surface area contributed by atoms with Gasteiger partial charge in [0.1, 0.15) is 11.8 Å². The second kappa shape index (κ2) is 5.19. The fraction of sp³-hybridized carbons (Fsp3) is 0.462. The van der Waals surface area contributed by atoms with E-state index in [1.807, 2.05) is 24.3 Å². The number of carbonyl (C=O) groups is 1. The molecule has 0 aromatic heterocycles. The highest BCUT2D eigenvalue weighted by Gasteiger charge is 2.34. The summed E-state index contributed by atoms with van der Waals surface area (Å²) in [6.07, 6.45) is 0.892. The van der Waals surface area contributed by atoms with Crippen LogP contribution in [0.5, 0.6) is 5.75 Å². The van der Waals surface area contributed by atoms with Gasteiger partial charge in [0.15, 0.2) is 0 Å². The number of carbonyl (C=O) groups excluding carboxylic acids is 1. The van der Waals surface area contributed by atoms with Gasteiger partial charge < -0.3 is 9.47 Å². The molecule has 1 unspecified atom stereocenters. The Labute approximate surface area is 101 Å². The first-order chi connectivity index (χ1) is 8.24. The molecule has 1 aliphatic rings. The molecule has 1 aliphatic heterocycles. The second-order valence-corrected chi connectivity index (χ2v) is 4.15.